The fourth-order valence-electron chi connectivity index (χ4n) is 1.52. The van der Waals surface area contributed by atoms with Gasteiger partial charge in [0.25, 0.3) is 0 Å². The van der Waals surface area contributed by atoms with Crippen molar-refractivity contribution in [2.45, 2.75) is 0 Å². The molecule has 3 N–H and O–H groups in total. The number of hydrazine groups is 1. The second kappa shape index (κ2) is 5.85. The van der Waals surface area contributed by atoms with Crippen LogP contribution in [0.3, 0.4) is 0 Å². The van der Waals surface area contributed by atoms with Crippen LogP contribution in [-0.2, 0) is 0 Å². The zero-order chi connectivity index (χ0) is 14.5. The quantitative estimate of drug-likeness (QED) is 0.488. The molecule has 0 spiro atoms. The van der Waals surface area contributed by atoms with Gasteiger partial charge in [0.1, 0.15) is 11.6 Å². The Labute approximate surface area is 114 Å². The molecule has 0 atom stereocenters. The lowest BCUT2D eigenvalue weighted by Gasteiger charge is -2.07. The number of ether oxygens (including phenoxy) is 2. The molecule has 0 saturated carbocycles. The number of pyridine rings is 1. The molecule has 1 aromatic carbocycles. The second-order valence-electron chi connectivity index (χ2n) is 3.70. The third-order valence-electron chi connectivity index (χ3n) is 2.45. The summed E-state index contributed by atoms with van der Waals surface area (Å²) in [6.07, 6.45) is 0. The fourth-order valence-corrected chi connectivity index (χ4v) is 1.52. The highest BCUT2D eigenvalue weighted by atomic mass is 16.6. The number of nitrogen functional groups attached to an aromatic ring is 1. The Morgan fingerprint density at radius 2 is 2.15 bits per heavy atom. The van der Waals surface area contributed by atoms with Gasteiger partial charge in [-0.25, -0.2) is 5.84 Å². The van der Waals surface area contributed by atoms with Crippen molar-refractivity contribution in [2.24, 2.45) is 5.84 Å². The molecular weight excluding hydrogens is 264 g/mol. The monoisotopic (exact) mass is 276 g/mol. The fraction of sp³-hybridized carbons (Fsp3) is 0.0833. The molecule has 0 saturated heterocycles. The summed E-state index contributed by atoms with van der Waals surface area (Å²) in [4.78, 5) is 14.5. The van der Waals surface area contributed by atoms with Crippen molar-refractivity contribution >= 4 is 11.5 Å². The number of hydrogen-bond acceptors (Lipinski definition) is 7. The molecule has 104 valence electrons. The molecule has 8 heteroatoms. The molecule has 0 aliphatic rings. The maximum absolute atomic E-state index is 11.0. The molecule has 0 aliphatic heterocycles. The summed E-state index contributed by atoms with van der Waals surface area (Å²) >= 11 is 0. The predicted molar refractivity (Wildman–Crippen MR) is 71.8 cm³/mol. The number of aromatic nitrogens is 1. The van der Waals surface area contributed by atoms with E-state index in [1.807, 2.05) is 0 Å². The van der Waals surface area contributed by atoms with Gasteiger partial charge >= 0.3 is 5.69 Å². The number of nitrogens with two attached hydrogens (primary N) is 1. The number of anilines is 1. The van der Waals surface area contributed by atoms with Crippen molar-refractivity contribution in [3.63, 3.8) is 0 Å². The standard InChI is InChI=1S/C12H12N4O4/c1-19-8-5-6-10(9(7-8)16(17)18)20-12-4-2-3-11(14-12)15-13/h2-7H,13H2,1H3,(H,14,15). The van der Waals surface area contributed by atoms with Crippen molar-refractivity contribution in [1.82, 2.24) is 4.98 Å². The number of nitro groups is 1. The zero-order valence-corrected chi connectivity index (χ0v) is 10.6. The lowest BCUT2D eigenvalue weighted by atomic mass is 10.3. The average molecular weight is 276 g/mol. The minimum absolute atomic E-state index is 0.0671. The molecule has 1 heterocycles. The Balaban J connectivity index is 2.34. The van der Waals surface area contributed by atoms with Gasteiger partial charge in [0.05, 0.1) is 18.1 Å². The summed E-state index contributed by atoms with van der Waals surface area (Å²) in [7, 11) is 1.43. The van der Waals surface area contributed by atoms with Crippen LogP contribution in [0.1, 0.15) is 0 Å². The Bertz CT molecular complexity index is 633. The van der Waals surface area contributed by atoms with Crippen LogP contribution in [0.25, 0.3) is 0 Å². The number of benzene rings is 1. The Hall–Kier alpha value is -2.87. The van der Waals surface area contributed by atoms with Crippen molar-refractivity contribution in [1.29, 1.82) is 0 Å². The van der Waals surface area contributed by atoms with E-state index in [1.165, 1.54) is 19.2 Å². The SMILES string of the molecule is COc1ccc(Oc2cccc(NN)n2)c([N+](=O)[O-])c1. The van der Waals surface area contributed by atoms with Gasteiger partial charge in [0.15, 0.2) is 0 Å². The van der Waals surface area contributed by atoms with Gasteiger partial charge in [-0.1, -0.05) is 6.07 Å². The minimum atomic E-state index is -0.553. The summed E-state index contributed by atoms with van der Waals surface area (Å²) in [5.74, 6) is 6.25. The first kappa shape index (κ1) is 13.6. The molecular formula is C12H12N4O4. The number of nitrogens with zero attached hydrogens (tertiary/aromatic N) is 2. The number of methoxy groups -OCH3 is 1. The van der Waals surface area contributed by atoms with Crippen LogP contribution in [0.2, 0.25) is 0 Å². The largest absolute Gasteiger partial charge is 0.496 e. The maximum Gasteiger partial charge on any atom is 0.315 e. The molecule has 20 heavy (non-hydrogen) atoms. The van der Waals surface area contributed by atoms with Crippen LogP contribution in [0.5, 0.6) is 17.4 Å². The first-order valence-electron chi connectivity index (χ1n) is 5.58. The topological polar surface area (TPSA) is 113 Å². The van der Waals surface area contributed by atoms with Gasteiger partial charge in [-0.05, 0) is 18.2 Å². The molecule has 2 aromatic rings. The Morgan fingerprint density at radius 1 is 1.35 bits per heavy atom. The lowest BCUT2D eigenvalue weighted by Crippen LogP contribution is -2.08. The van der Waals surface area contributed by atoms with Gasteiger partial charge in [0.2, 0.25) is 11.6 Å². The van der Waals surface area contributed by atoms with E-state index in [0.717, 1.165) is 0 Å². The number of nitro benzene ring substituents is 1. The molecule has 0 fully saturated rings. The number of nitrogens with one attached hydrogen (secondary N) is 1. The summed E-state index contributed by atoms with van der Waals surface area (Å²) in [6, 6.07) is 9.14. The van der Waals surface area contributed by atoms with E-state index in [9.17, 15) is 10.1 Å². The summed E-state index contributed by atoms with van der Waals surface area (Å²) in [5, 5.41) is 11.0. The molecule has 1 aromatic heterocycles. The molecule has 2 rings (SSSR count). The van der Waals surface area contributed by atoms with Crippen LogP contribution in [0.4, 0.5) is 11.5 Å². The second-order valence-corrected chi connectivity index (χ2v) is 3.70. The van der Waals surface area contributed by atoms with Crippen molar-refractivity contribution in [2.75, 3.05) is 12.5 Å². The highest BCUT2D eigenvalue weighted by Crippen LogP contribution is 2.33. The third kappa shape index (κ3) is 2.93. The number of rotatable bonds is 5. The first-order valence-corrected chi connectivity index (χ1v) is 5.58. The van der Waals surface area contributed by atoms with Gasteiger partial charge in [-0.3, -0.25) is 10.1 Å². The van der Waals surface area contributed by atoms with E-state index in [-0.39, 0.29) is 17.3 Å². The van der Waals surface area contributed by atoms with Gasteiger partial charge in [-0.2, -0.15) is 4.98 Å². The van der Waals surface area contributed by atoms with Crippen LogP contribution < -0.4 is 20.7 Å². The van der Waals surface area contributed by atoms with Crippen LogP contribution >= 0.6 is 0 Å². The maximum atomic E-state index is 11.0. The van der Waals surface area contributed by atoms with Crippen molar-refractivity contribution < 1.29 is 14.4 Å². The summed E-state index contributed by atoms with van der Waals surface area (Å²) in [6.45, 7) is 0. The normalized spacial score (nSPS) is 9.90. The molecule has 0 unspecified atom stereocenters. The van der Waals surface area contributed by atoms with E-state index in [1.54, 1.807) is 24.3 Å². The molecule has 0 radical (unpaired) electrons. The van der Waals surface area contributed by atoms with Gasteiger partial charge in [-0.15, -0.1) is 0 Å². The van der Waals surface area contributed by atoms with Gasteiger partial charge in [0, 0.05) is 6.07 Å². The molecule has 0 bridgehead atoms. The highest BCUT2D eigenvalue weighted by molar-refractivity contribution is 5.52. The Morgan fingerprint density at radius 3 is 2.80 bits per heavy atom. The average Bonchev–Trinajstić information content (AvgIpc) is 2.47. The van der Waals surface area contributed by atoms with E-state index in [0.29, 0.717) is 11.6 Å². The van der Waals surface area contributed by atoms with E-state index < -0.39 is 4.92 Å². The van der Waals surface area contributed by atoms with Crippen LogP contribution in [0, 0.1) is 10.1 Å². The van der Waals surface area contributed by atoms with Gasteiger partial charge < -0.3 is 14.9 Å². The first-order chi connectivity index (χ1) is 9.63. The smallest absolute Gasteiger partial charge is 0.315 e. The molecule has 0 aliphatic carbocycles. The Kier molecular flexibility index (Phi) is 3.96. The van der Waals surface area contributed by atoms with Crippen molar-refractivity contribution in [3.05, 3.63) is 46.5 Å². The highest BCUT2D eigenvalue weighted by Gasteiger charge is 2.17. The number of hydrogen-bond donors (Lipinski definition) is 2. The molecule has 0 amide bonds. The minimum Gasteiger partial charge on any atom is -0.496 e. The summed E-state index contributed by atoms with van der Waals surface area (Å²) < 4.78 is 10.4. The lowest BCUT2D eigenvalue weighted by molar-refractivity contribution is -0.385. The zero-order valence-electron chi connectivity index (χ0n) is 10.6. The van der Waals surface area contributed by atoms with E-state index in [2.05, 4.69) is 10.4 Å². The van der Waals surface area contributed by atoms with Crippen LogP contribution in [-0.4, -0.2) is 17.0 Å². The summed E-state index contributed by atoms with van der Waals surface area (Å²) in [5.41, 5.74) is 2.15. The van der Waals surface area contributed by atoms with Crippen LogP contribution in [0.15, 0.2) is 36.4 Å². The predicted octanol–water partition coefficient (Wildman–Crippen LogP) is 2.08. The van der Waals surface area contributed by atoms with E-state index >= 15 is 0 Å². The third-order valence-corrected chi connectivity index (χ3v) is 2.45. The van der Waals surface area contributed by atoms with Crippen molar-refractivity contribution in [3.8, 4) is 17.4 Å². The van der Waals surface area contributed by atoms with E-state index in [4.69, 9.17) is 15.3 Å². The molecule has 8 nitrogen and oxygen atoms in total.